The van der Waals surface area contributed by atoms with Gasteiger partial charge in [-0.3, -0.25) is 9.69 Å². The van der Waals surface area contributed by atoms with E-state index in [0.29, 0.717) is 6.54 Å². The molecule has 0 saturated carbocycles. The van der Waals surface area contributed by atoms with E-state index >= 15 is 0 Å². The number of benzene rings is 1. The number of nitrogens with one attached hydrogen (secondary N) is 2. The van der Waals surface area contributed by atoms with Gasteiger partial charge >= 0.3 is 0 Å². The number of rotatable bonds is 6. The summed E-state index contributed by atoms with van der Waals surface area (Å²) in [7, 11) is 1.94. The number of carbonyl (C=O) groups excluding carboxylic acids is 1. The lowest BCUT2D eigenvalue weighted by Gasteiger charge is -2.32. The van der Waals surface area contributed by atoms with Gasteiger partial charge in [-0.05, 0) is 38.1 Å². The van der Waals surface area contributed by atoms with Crippen molar-refractivity contribution < 1.29 is 9.53 Å². The molecule has 1 aliphatic rings. The van der Waals surface area contributed by atoms with Crippen LogP contribution in [-0.4, -0.2) is 63.3 Å². The second kappa shape index (κ2) is 9.88. The Morgan fingerprint density at radius 2 is 2.17 bits per heavy atom. The molecule has 23 heavy (non-hydrogen) atoms. The number of nitrogens with zero attached hydrogens (tertiary/aromatic N) is 1. The predicted octanol–water partition coefficient (Wildman–Crippen LogP) is 1.38. The van der Waals surface area contributed by atoms with Gasteiger partial charge < -0.3 is 15.4 Å². The molecule has 2 rings (SSSR count). The first-order valence-corrected chi connectivity index (χ1v) is 7.94. The van der Waals surface area contributed by atoms with Crippen molar-refractivity contribution in [3.05, 3.63) is 34.9 Å². The molecule has 130 valence electrons. The fourth-order valence-corrected chi connectivity index (χ4v) is 2.75. The van der Waals surface area contributed by atoms with E-state index in [4.69, 9.17) is 4.74 Å². The van der Waals surface area contributed by atoms with Crippen LogP contribution in [0.3, 0.4) is 0 Å². The molecule has 1 fully saturated rings. The number of carbonyl (C=O) groups is 1. The average Bonchev–Trinajstić information content (AvgIpc) is 2.50. The molecule has 0 aliphatic carbocycles. The molecule has 5 nitrogen and oxygen atoms in total. The SMILES string of the molecule is CNCC1CN(CCNC(=O)c2cccc(C)c2C)CCO1.Cl. The maximum atomic E-state index is 12.3. The van der Waals surface area contributed by atoms with Gasteiger partial charge in [0, 0.05) is 38.3 Å². The van der Waals surface area contributed by atoms with Gasteiger partial charge in [0.25, 0.3) is 5.91 Å². The molecule has 2 N–H and O–H groups in total. The fraction of sp³-hybridized carbons (Fsp3) is 0.588. The Bertz CT molecular complexity index is 509. The van der Waals surface area contributed by atoms with E-state index in [0.717, 1.165) is 49.5 Å². The molecule has 1 saturated heterocycles. The van der Waals surface area contributed by atoms with Gasteiger partial charge in [-0.25, -0.2) is 0 Å². The summed E-state index contributed by atoms with van der Waals surface area (Å²) < 4.78 is 5.68. The van der Waals surface area contributed by atoms with Gasteiger partial charge in [0.05, 0.1) is 12.7 Å². The second-order valence-corrected chi connectivity index (χ2v) is 5.85. The normalized spacial score (nSPS) is 18.3. The summed E-state index contributed by atoms with van der Waals surface area (Å²) in [6.07, 6.45) is 0.244. The Morgan fingerprint density at radius 3 is 2.91 bits per heavy atom. The summed E-state index contributed by atoms with van der Waals surface area (Å²) in [5.74, 6) is 0.0150. The minimum Gasteiger partial charge on any atom is -0.374 e. The highest BCUT2D eigenvalue weighted by atomic mass is 35.5. The molecule has 1 atom stereocenters. The third-order valence-corrected chi connectivity index (χ3v) is 4.22. The first kappa shape index (κ1) is 19.9. The molecular formula is C17H28ClN3O2. The van der Waals surface area contributed by atoms with Crippen molar-refractivity contribution in [3.63, 3.8) is 0 Å². The number of hydrogen-bond acceptors (Lipinski definition) is 4. The van der Waals surface area contributed by atoms with Crippen LogP contribution in [0.15, 0.2) is 18.2 Å². The predicted molar refractivity (Wildman–Crippen MR) is 95.6 cm³/mol. The summed E-state index contributed by atoms with van der Waals surface area (Å²) in [6, 6.07) is 5.85. The Hall–Kier alpha value is -1.14. The highest BCUT2D eigenvalue weighted by molar-refractivity contribution is 5.95. The van der Waals surface area contributed by atoms with E-state index in [1.54, 1.807) is 0 Å². The number of morpholine rings is 1. The molecule has 1 amide bonds. The zero-order valence-corrected chi connectivity index (χ0v) is 15.0. The molecule has 1 aromatic rings. The largest absolute Gasteiger partial charge is 0.374 e. The first-order chi connectivity index (χ1) is 10.6. The van der Waals surface area contributed by atoms with Crippen LogP contribution in [0.5, 0.6) is 0 Å². The Morgan fingerprint density at radius 1 is 1.39 bits per heavy atom. The van der Waals surface area contributed by atoms with E-state index in [2.05, 4.69) is 15.5 Å². The summed E-state index contributed by atoms with van der Waals surface area (Å²) in [5, 5.41) is 6.17. The lowest BCUT2D eigenvalue weighted by Crippen LogP contribution is -2.48. The van der Waals surface area contributed by atoms with E-state index in [1.165, 1.54) is 0 Å². The van der Waals surface area contributed by atoms with E-state index in [-0.39, 0.29) is 24.4 Å². The molecule has 1 heterocycles. The van der Waals surface area contributed by atoms with Crippen molar-refractivity contribution in [2.24, 2.45) is 0 Å². The summed E-state index contributed by atoms with van der Waals surface area (Å²) in [6.45, 7) is 9.03. The monoisotopic (exact) mass is 341 g/mol. The van der Waals surface area contributed by atoms with Gasteiger partial charge in [0.15, 0.2) is 0 Å². The summed E-state index contributed by atoms with van der Waals surface area (Å²) >= 11 is 0. The van der Waals surface area contributed by atoms with Crippen LogP contribution < -0.4 is 10.6 Å². The number of amides is 1. The number of ether oxygens (including phenoxy) is 1. The van der Waals surface area contributed by atoms with Crippen molar-refractivity contribution in [1.82, 2.24) is 15.5 Å². The lowest BCUT2D eigenvalue weighted by atomic mass is 10.0. The van der Waals surface area contributed by atoms with Gasteiger partial charge in [0.1, 0.15) is 0 Å². The zero-order valence-electron chi connectivity index (χ0n) is 14.2. The van der Waals surface area contributed by atoms with Crippen LogP contribution in [0.25, 0.3) is 0 Å². The topological polar surface area (TPSA) is 53.6 Å². The van der Waals surface area contributed by atoms with E-state index in [1.807, 2.05) is 39.1 Å². The summed E-state index contributed by atoms with van der Waals surface area (Å²) in [5.41, 5.74) is 2.98. The molecule has 0 aromatic heterocycles. The molecule has 1 unspecified atom stereocenters. The van der Waals surface area contributed by atoms with Crippen molar-refractivity contribution in [3.8, 4) is 0 Å². The highest BCUT2D eigenvalue weighted by Crippen LogP contribution is 2.12. The third kappa shape index (κ3) is 5.77. The van der Waals surface area contributed by atoms with E-state index in [9.17, 15) is 4.79 Å². The lowest BCUT2D eigenvalue weighted by molar-refractivity contribution is -0.0255. The number of halogens is 1. The third-order valence-electron chi connectivity index (χ3n) is 4.22. The molecule has 6 heteroatoms. The smallest absolute Gasteiger partial charge is 0.251 e. The highest BCUT2D eigenvalue weighted by Gasteiger charge is 2.19. The van der Waals surface area contributed by atoms with Crippen LogP contribution in [-0.2, 0) is 4.74 Å². The molecular weight excluding hydrogens is 314 g/mol. The van der Waals surface area contributed by atoms with Crippen molar-refractivity contribution in [1.29, 1.82) is 0 Å². The maximum Gasteiger partial charge on any atom is 0.251 e. The van der Waals surface area contributed by atoms with Crippen LogP contribution in [0.2, 0.25) is 0 Å². The van der Waals surface area contributed by atoms with Gasteiger partial charge in [-0.2, -0.15) is 0 Å². The minimum atomic E-state index is 0. The quantitative estimate of drug-likeness (QED) is 0.820. The first-order valence-electron chi connectivity index (χ1n) is 7.94. The standard InChI is InChI=1S/C17H27N3O2.ClH/c1-13-5-4-6-16(14(13)2)17(21)19-7-8-20-9-10-22-15(12-20)11-18-3;/h4-6,15,18H,7-12H2,1-3H3,(H,19,21);1H. The van der Waals surface area contributed by atoms with Crippen LogP contribution in [0, 0.1) is 13.8 Å². The number of aryl methyl sites for hydroxylation is 1. The Balaban J connectivity index is 0.00000264. The van der Waals surface area contributed by atoms with Gasteiger partial charge in [-0.1, -0.05) is 12.1 Å². The summed E-state index contributed by atoms with van der Waals surface area (Å²) in [4.78, 5) is 14.6. The zero-order chi connectivity index (χ0) is 15.9. The van der Waals surface area contributed by atoms with Crippen LogP contribution in [0.4, 0.5) is 0 Å². The van der Waals surface area contributed by atoms with Crippen LogP contribution >= 0.6 is 12.4 Å². The van der Waals surface area contributed by atoms with Gasteiger partial charge in [-0.15, -0.1) is 12.4 Å². The molecule has 0 spiro atoms. The van der Waals surface area contributed by atoms with E-state index < -0.39 is 0 Å². The fourth-order valence-electron chi connectivity index (χ4n) is 2.75. The average molecular weight is 342 g/mol. The molecule has 1 aromatic carbocycles. The Kier molecular flexibility index (Phi) is 8.55. The number of hydrogen-bond donors (Lipinski definition) is 2. The van der Waals surface area contributed by atoms with Crippen molar-refractivity contribution >= 4 is 18.3 Å². The van der Waals surface area contributed by atoms with Gasteiger partial charge in [0.2, 0.25) is 0 Å². The Labute approximate surface area is 145 Å². The maximum absolute atomic E-state index is 12.3. The molecule has 0 bridgehead atoms. The van der Waals surface area contributed by atoms with Crippen LogP contribution in [0.1, 0.15) is 21.5 Å². The second-order valence-electron chi connectivity index (χ2n) is 5.85. The minimum absolute atomic E-state index is 0. The molecule has 0 radical (unpaired) electrons. The number of likely N-dealkylation sites (N-methyl/N-ethyl adjacent to an activating group) is 1. The van der Waals surface area contributed by atoms with Crippen molar-refractivity contribution in [2.75, 3.05) is 46.4 Å². The molecule has 1 aliphatic heterocycles. The van der Waals surface area contributed by atoms with Crippen molar-refractivity contribution in [2.45, 2.75) is 20.0 Å².